The lowest BCUT2D eigenvalue weighted by atomic mass is 9.99. The molecule has 20 heavy (non-hydrogen) atoms. The van der Waals surface area contributed by atoms with Gasteiger partial charge in [0.15, 0.2) is 0 Å². The summed E-state index contributed by atoms with van der Waals surface area (Å²) in [5, 5.41) is 0. The van der Waals surface area contributed by atoms with E-state index >= 15 is 0 Å². The van der Waals surface area contributed by atoms with Gasteiger partial charge in [-0.2, -0.15) is 0 Å². The van der Waals surface area contributed by atoms with E-state index in [1.54, 1.807) is 12.0 Å². The van der Waals surface area contributed by atoms with Crippen LogP contribution in [0.5, 0.6) is 0 Å². The summed E-state index contributed by atoms with van der Waals surface area (Å²) >= 11 is 0. The van der Waals surface area contributed by atoms with Crippen LogP contribution < -0.4 is 5.73 Å². The van der Waals surface area contributed by atoms with Gasteiger partial charge in [-0.25, -0.2) is 4.79 Å². The average molecular weight is 278 g/mol. The fourth-order valence-electron chi connectivity index (χ4n) is 2.53. The number of nitrogens with zero attached hydrogens (tertiary/aromatic N) is 1. The standard InChI is InChI=1S/C15H22N2O3/c1-15(11-16)8-13(19-2)9-17(15)14(18)20-10-12-6-4-3-5-7-12/h3-7,13H,8-11,16H2,1-2H3/t13-,15+/m0/s1. The van der Waals surface area contributed by atoms with Gasteiger partial charge in [-0.05, 0) is 18.9 Å². The highest BCUT2D eigenvalue weighted by Crippen LogP contribution is 2.30. The van der Waals surface area contributed by atoms with Crippen LogP contribution in [-0.2, 0) is 16.1 Å². The Morgan fingerprint density at radius 3 is 2.75 bits per heavy atom. The van der Waals surface area contributed by atoms with E-state index in [-0.39, 0.29) is 18.8 Å². The lowest BCUT2D eigenvalue weighted by molar-refractivity contribution is 0.0683. The molecule has 5 nitrogen and oxygen atoms in total. The van der Waals surface area contributed by atoms with E-state index in [0.29, 0.717) is 13.1 Å². The first-order valence-corrected chi connectivity index (χ1v) is 6.80. The number of hydrogen-bond donors (Lipinski definition) is 1. The van der Waals surface area contributed by atoms with Gasteiger partial charge in [0.2, 0.25) is 0 Å². The van der Waals surface area contributed by atoms with Gasteiger partial charge >= 0.3 is 6.09 Å². The fourth-order valence-corrected chi connectivity index (χ4v) is 2.53. The number of rotatable bonds is 4. The average Bonchev–Trinajstić information content (AvgIpc) is 2.84. The van der Waals surface area contributed by atoms with Gasteiger partial charge in [0.05, 0.1) is 18.2 Å². The molecule has 0 spiro atoms. The van der Waals surface area contributed by atoms with Crippen molar-refractivity contribution in [2.24, 2.45) is 5.73 Å². The van der Waals surface area contributed by atoms with E-state index in [4.69, 9.17) is 15.2 Å². The second-order valence-electron chi connectivity index (χ2n) is 5.41. The van der Waals surface area contributed by atoms with Crippen molar-refractivity contribution < 1.29 is 14.3 Å². The third-order valence-corrected chi connectivity index (χ3v) is 3.90. The molecule has 0 radical (unpaired) electrons. The Bertz CT molecular complexity index is 452. The Balaban J connectivity index is 1.97. The highest BCUT2D eigenvalue weighted by molar-refractivity contribution is 5.69. The summed E-state index contributed by atoms with van der Waals surface area (Å²) in [6.45, 7) is 3.16. The number of nitrogens with two attached hydrogens (primary N) is 1. The molecule has 2 N–H and O–H groups in total. The Morgan fingerprint density at radius 1 is 1.45 bits per heavy atom. The van der Waals surface area contributed by atoms with Gasteiger partial charge < -0.3 is 15.2 Å². The zero-order chi connectivity index (χ0) is 14.6. The van der Waals surface area contributed by atoms with Crippen molar-refractivity contribution >= 4 is 6.09 Å². The second kappa shape index (κ2) is 6.24. The summed E-state index contributed by atoms with van der Waals surface area (Å²) in [5.74, 6) is 0. The topological polar surface area (TPSA) is 64.8 Å². The quantitative estimate of drug-likeness (QED) is 0.911. The third-order valence-electron chi connectivity index (χ3n) is 3.90. The summed E-state index contributed by atoms with van der Waals surface area (Å²) < 4.78 is 10.7. The van der Waals surface area contributed by atoms with E-state index in [2.05, 4.69) is 0 Å². The summed E-state index contributed by atoms with van der Waals surface area (Å²) in [6, 6.07) is 9.63. The summed E-state index contributed by atoms with van der Waals surface area (Å²) in [6.07, 6.45) is 0.426. The highest BCUT2D eigenvalue weighted by Gasteiger charge is 2.44. The minimum atomic E-state index is -0.394. The number of carbonyl (C=O) groups excluding carboxylic acids is 1. The van der Waals surface area contributed by atoms with Crippen molar-refractivity contribution in [3.05, 3.63) is 35.9 Å². The molecule has 1 fully saturated rings. The molecule has 1 aliphatic heterocycles. The Labute approximate surface area is 119 Å². The number of carbonyl (C=O) groups is 1. The number of likely N-dealkylation sites (tertiary alicyclic amines) is 1. The molecule has 0 unspecified atom stereocenters. The number of ether oxygens (including phenoxy) is 2. The molecule has 0 saturated carbocycles. The zero-order valence-electron chi connectivity index (χ0n) is 12.0. The van der Waals surface area contributed by atoms with Crippen LogP contribution in [0.4, 0.5) is 4.79 Å². The molecule has 2 atom stereocenters. The summed E-state index contributed by atoms with van der Waals surface area (Å²) in [4.78, 5) is 13.9. The van der Waals surface area contributed by atoms with Crippen LogP contribution in [0.3, 0.4) is 0 Å². The summed E-state index contributed by atoms with van der Waals surface area (Å²) in [7, 11) is 1.65. The predicted octanol–water partition coefficient (Wildman–Crippen LogP) is 1.76. The van der Waals surface area contributed by atoms with Gasteiger partial charge in [-0.1, -0.05) is 30.3 Å². The maximum absolute atomic E-state index is 12.2. The lowest BCUT2D eigenvalue weighted by Gasteiger charge is -2.32. The molecular weight excluding hydrogens is 256 g/mol. The van der Waals surface area contributed by atoms with Crippen molar-refractivity contribution in [3.8, 4) is 0 Å². The van der Waals surface area contributed by atoms with Crippen LogP contribution in [0.2, 0.25) is 0 Å². The van der Waals surface area contributed by atoms with Crippen LogP contribution in [0.1, 0.15) is 18.9 Å². The van der Waals surface area contributed by atoms with E-state index in [1.807, 2.05) is 37.3 Å². The third kappa shape index (κ3) is 3.11. The highest BCUT2D eigenvalue weighted by atomic mass is 16.6. The molecule has 2 rings (SSSR count). The minimum Gasteiger partial charge on any atom is -0.445 e. The van der Waals surface area contributed by atoms with Gasteiger partial charge in [0, 0.05) is 13.7 Å². The first-order chi connectivity index (χ1) is 9.59. The summed E-state index contributed by atoms with van der Waals surface area (Å²) in [5.41, 5.74) is 6.39. The normalized spacial score (nSPS) is 25.8. The van der Waals surface area contributed by atoms with Crippen molar-refractivity contribution in [1.29, 1.82) is 0 Å². The van der Waals surface area contributed by atoms with Crippen molar-refractivity contribution in [3.63, 3.8) is 0 Å². The van der Waals surface area contributed by atoms with Gasteiger partial charge in [0.1, 0.15) is 6.61 Å². The van der Waals surface area contributed by atoms with Crippen LogP contribution in [0.25, 0.3) is 0 Å². The van der Waals surface area contributed by atoms with E-state index < -0.39 is 5.54 Å². The molecule has 0 aliphatic carbocycles. The number of hydrogen-bond acceptors (Lipinski definition) is 4. The molecule has 1 amide bonds. The molecule has 1 aromatic rings. The first-order valence-electron chi connectivity index (χ1n) is 6.80. The molecule has 1 aliphatic rings. The van der Waals surface area contributed by atoms with Gasteiger partial charge in [0.25, 0.3) is 0 Å². The number of methoxy groups -OCH3 is 1. The molecule has 1 aromatic carbocycles. The Hall–Kier alpha value is -1.59. The maximum atomic E-state index is 12.2. The van der Waals surface area contributed by atoms with Crippen LogP contribution >= 0.6 is 0 Å². The van der Waals surface area contributed by atoms with Gasteiger partial charge in [-0.3, -0.25) is 4.90 Å². The lowest BCUT2D eigenvalue weighted by Crippen LogP contribution is -2.50. The number of amides is 1. The zero-order valence-corrected chi connectivity index (χ0v) is 12.0. The van der Waals surface area contributed by atoms with Gasteiger partial charge in [-0.15, -0.1) is 0 Å². The molecule has 5 heteroatoms. The largest absolute Gasteiger partial charge is 0.445 e. The predicted molar refractivity (Wildman–Crippen MR) is 76.2 cm³/mol. The Morgan fingerprint density at radius 2 is 2.15 bits per heavy atom. The van der Waals surface area contributed by atoms with Crippen LogP contribution in [0.15, 0.2) is 30.3 Å². The molecule has 1 saturated heterocycles. The van der Waals surface area contributed by atoms with E-state index in [1.165, 1.54) is 0 Å². The SMILES string of the molecule is CO[C@@H]1CN(C(=O)OCc2ccccc2)[C@@](C)(CN)C1. The van der Waals surface area contributed by atoms with E-state index in [9.17, 15) is 4.79 Å². The first kappa shape index (κ1) is 14.8. The maximum Gasteiger partial charge on any atom is 0.410 e. The molecule has 1 heterocycles. The fraction of sp³-hybridized carbons (Fsp3) is 0.533. The molecule has 0 aromatic heterocycles. The molecule has 0 bridgehead atoms. The minimum absolute atomic E-state index is 0.0211. The smallest absolute Gasteiger partial charge is 0.410 e. The van der Waals surface area contributed by atoms with Crippen molar-refractivity contribution in [2.75, 3.05) is 20.2 Å². The second-order valence-corrected chi connectivity index (χ2v) is 5.41. The monoisotopic (exact) mass is 278 g/mol. The van der Waals surface area contributed by atoms with Crippen LogP contribution in [-0.4, -0.2) is 42.8 Å². The van der Waals surface area contributed by atoms with Crippen LogP contribution in [0, 0.1) is 0 Å². The van der Waals surface area contributed by atoms with E-state index in [0.717, 1.165) is 12.0 Å². The molecular formula is C15H22N2O3. The molecule has 110 valence electrons. The van der Waals surface area contributed by atoms with Crippen molar-refractivity contribution in [2.45, 2.75) is 31.6 Å². The Kier molecular flexibility index (Phi) is 4.62. The number of benzene rings is 1. The van der Waals surface area contributed by atoms with Crippen molar-refractivity contribution in [1.82, 2.24) is 4.90 Å².